The molecule has 0 atom stereocenters. The Morgan fingerprint density at radius 2 is 1.14 bits per heavy atom. The van der Waals surface area contributed by atoms with Crippen LogP contribution < -0.4 is 19.0 Å². The van der Waals surface area contributed by atoms with Gasteiger partial charge in [-0.05, 0) is 0 Å². The van der Waals surface area contributed by atoms with Crippen molar-refractivity contribution in [2.75, 3.05) is 0 Å². The number of alkyl halides is 3. The fraction of sp³-hybridized carbons (Fsp3) is 0.429. The monoisotopic (exact) mass is 538 g/mol. The van der Waals surface area contributed by atoms with Crippen LogP contribution in [0.1, 0.15) is 47.9 Å². The van der Waals surface area contributed by atoms with Crippen LogP contribution in [-0.4, -0.2) is 16.2 Å². The van der Waals surface area contributed by atoms with Crippen molar-refractivity contribution < 1.29 is 43.6 Å². The van der Waals surface area contributed by atoms with Gasteiger partial charge in [-0.15, -0.1) is 0 Å². The van der Waals surface area contributed by atoms with Crippen molar-refractivity contribution in [2.45, 2.75) is 54.6 Å². The summed E-state index contributed by atoms with van der Waals surface area (Å²) in [6.45, 7) is 0. The standard InChI is InChI=1S/C21H23F3IO3S/c22-21(23,29(26,27)28)25(24,19-11-9-15-5-1-3-7-17(15)13-19)20-12-10-16-6-2-4-8-18(16)14-20/h9-14H,1-8H2,(H,26,27,28)/q-1/p-1. The van der Waals surface area contributed by atoms with Crippen molar-refractivity contribution >= 4 is 10.1 Å². The Morgan fingerprint density at radius 3 is 1.52 bits per heavy atom. The number of aryl methyl sites for hydroxylation is 4. The number of hydrogen-bond donors (Lipinski definition) is 0. The molecule has 0 aliphatic heterocycles. The molecule has 0 saturated heterocycles. The molecule has 0 fully saturated rings. The van der Waals surface area contributed by atoms with Gasteiger partial charge in [0, 0.05) is 0 Å². The van der Waals surface area contributed by atoms with Crippen LogP contribution in [0.5, 0.6) is 0 Å². The molecule has 2 aromatic carbocycles. The second-order valence-corrected chi connectivity index (χ2v) is 16.5. The van der Waals surface area contributed by atoms with Crippen LogP contribution in [-0.2, 0) is 35.8 Å². The van der Waals surface area contributed by atoms with Gasteiger partial charge in [-0.3, -0.25) is 0 Å². The van der Waals surface area contributed by atoms with Crippen molar-refractivity contribution in [3.63, 3.8) is 0 Å². The van der Waals surface area contributed by atoms with Gasteiger partial charge >= 0.3 is 174 Å². The normalized spacial score (nSPS) is 18.1. The summed E-state index contributed by atoms with van der Waals surface area (Å²) in [5.74, 6) is 0. The molecule has 3 nitrogen and oxygen atoms in total. The Labute approximate surface area is 173 Å². The van der Waals surface area contributed by atoms with E-state index in [1.165, 1.54) is 24.3 Å². The average molecular weight is 538 g/mol. The number of fused-ring (bicyclic) bond motifs is 2. The van der Waals surface area contributed by atoms with Gasteiger partial charge < -0.3 is 0 Å². The van der Waals surface area contributed by atoms with Crippen LogP contribution in [0, 0.1) is 7.14 Å². The molecule has 0 unspecified atom stereocenters. The first-order valence-corrected chi connectivity index (χ1v) is 15.1. The number of benzene rings is 2. The molecule has 4 rings (SSSR count). The summed E-state index contributed by atoms with van der Waals surface area (Å²) >= 11 is -6.30. The second kappa shape index (κ2) is 7.53. The average Bonchev–Trinajstić information content (AvgIpc) is 2.71. The van der Waals surface area contributed by atoms with Crippen LogP contribution in [0.2, 0.25) is 0 Å². The Hall–Kier alpha value is -1.13. The summed E-state index contributed by atoms with van der Waals surface area (Å²) in [5.41, 5.74) is 3.50. The summed E-state index contributed by atoms with van der Waals surface area (Å²) in [7, 11) is -6.18. The molecule has 0 aromatic heterocycles. The molecule has 0 N–H and O–H groups in total. The van der Waals surface area contributed by atoms with Crippen molar-refractivity contribution in [1.29, 1.82) is 0 Å². The summed E-state index contributed by atoms with van der Waals surface area (Å²) < 4.78 is 75.5. The van der Waals surface area contributed by atoms with Gasteiger partial charge in [0.2, 0.25) is 0 Å². The molecular weight excluding hydrogens is 516 g/mol. The summed E-state index contributed by atoms with van der Waals surface area (Å²) in [5, 5.41) is 0. The van der Waals surface area contributed by atoms with Crippen molar-refractivity contribution in [1.82, 2.24) is 0 Å². The molecule has 2 aromatic rings. The van der Waals surface area contributed by atoms with E-state index in [0.717, 1.165) is 60.8 Å². The maximum absolute atomic E-state index is 16.5. The molecule has 0 bridgehead atoms. The van der Waals surface area contributed by atoms with Crippen molar-refractivity contribution in [3.8, 4) is 0 Å². The van der Waals surface area contributed by atoms with Gasteiger partial charge in [0.1, 0.15) is 0 Å². The predicted octanol–water partition coefficient (Wildman–Crippen LogP) is 1.62. The summed E-state index contributed by atoms with van der Waals surface area (Å²) in [6.07, 6.45) is 6.55. The van der Waals surface area contributed by atoms with Crippen molar-refractivity contribution in [2.24, 2.45) is 0 Å². The third kappa shape index (κ3) is 3.50. The van der Waals surface area contributed by atoms with E-state index in [-0.39, 0.29) is 7.14 Å². The van der Waals surface area contributed by atoms with E-state index in [1.54, 1.807) is 12.1 Å². The molecule has 0 spiro atoms. The molecule has 160 valence electrons. The van der Waals surface area contributed by atoms with Gasteiger partial charge in [0.15, 0.2) is 0 Å². The van der Waals surface area contributed by atoms with Gasteiger partial charge in [-0.25, -0.2) is 0 Å². The van der Waals surface area contributed by atoms with Crippen LogP contribution in [0.25, 0.3) is 0 Å². The maximum atomic E-state index is 16.5. The van der Waals surface area contributed by atoms with E-state index in [0.29, 0.717) is 12.8 Å². The predicted molar refractivity (Wildman–Crippen MR) is 99.3 cm³/mol. The van der Waals surface area contributed by atoms with Gasteiger partial charge in [0.05, 0.1) is 0 Å². The summed E-state index contributed by atoms with van der Waals surface area (Å²) in [6, 6.07) is 8.58. The van der Waals surface area contributed by atoms with E-state index < -0.39 is 32.4 Å². The molecule has 0 saturated carbocycles. The molecule has 2 aliphatic carbocycles. The Balaban J connectivity index is 1.94. The fourth-order valence-corrected chi connectivity index (χ4v) is 13.1. The van der Waals surface area contributed by atoms with Gasteiger partial charge in [0.25, 0.3) is 0 Å². The molecule has 2 aliphatic rings. The van der Waals surface area contributed by atoms with E-state index in [2.05, 4.69) is 0 Å². The van der Waals surface area contributed by atoms with Crippen LogP contribution in [0.4, 0.5) is 11.6 Å². The number of hydrogen-bond acceptors (Lipinski definition) is 3. The molecule has 0 amide bonds. The minimum absolute atomic E-state index is 0.308. The molecule has 8 heteroatoms. The topological polar surface area (TPSA) is 57.2 Å². The van der Waals surface area contributed by atoms with Crippen LogP contribution in [0.3, 0.4) is 0 Å². The van der Waals surface area contributed by atoms with E-state index in [1.807, 2.05) is 0 Å². The third-order valence-electron chi connectivity index (χ3n) is 5.81. The zero-order valence-electron chi connectivity index (χ0n) is 15.8. The quantitative estimate of drug-likeness (QED) is 0.338. The Kier molecular flexibility index (Phi) is 5.48. The zero-order valence-corrected chi connectivity index (χ0v) is 18.7. The van der Waals surface area contributed by atoms with Crippen LogP contribution >= 0.6 is 0 Å². The molecule has 29 heavy (non-hydrogen) atoms. The Bertz CT molecular complexity index is 994. The van der Waals surface area contributed by atoms with E-state index >= 15 is 11.6 Å². The second-order valence-electron chi connectivity index (χ2n) is 7.64. The summed E-state index contributed by atoms with van der Waals surface area (Å²) in [4.78, 5) is 0. The van der Waals surface area contributed by atoms with Gasteiger partial charge in [-0.2, -0.15) is 0 Å². The van der Waals surface area contributed by atoms with E-state index in [9.17, 15) is 13.0 Å². The first kappa shape index (κ1) is 21.1. The zero-order chi connectivity index (χ0) is 20.9. The Morgan fingerprint density at radius 1 is 0.759 bits per heavy atom. The molecule has 0 heterocycles. The first-order valence-electron chi connectivity index (χ1n) is 9.68. The number of rotatable bonds is 4. The molecular formula is C21H22F3IO3S-2. The fourth-order valence-electron chi connectivity index (χ4n) is 4.24. The molecule has 0 radical (unpaired) electrons. The van der Waals surface area contributed by atoms with E-state index in [4.69, 9.17) is 0 Å². The third-order valence-corrected chi connectivity index (χ3v) is 15.9. The first-order chi connectivity index (χ1) is 13.6. The minimum atomic E-state index is -6.30. The van der Waals surface area contributed by atoms with Crippen molar-refractivity contribution in [3.05, 3.63) is 65.8 Å². The van der Waals surface area contributed by atoms with Gasteiger partial charge in [-0.1, -0.05) is 0 Å². The number of halogens is 4. The SMILES string of the molecule is O=S(=O)([O-])C(F)(F)[I-](F)(c1ccc2c(c1)CCCC2)c1ccc2c(c1)CCCC2. The van der Waals surface area contributed by atoms with Crippen LogP contribution in [0.15, 0.2) is 36.4 Å².